The molecule has 0 atom stereocenters. The number of nitrogens with zero attached hydrogens (tertiary/aromatic N) is 1. The predicted octanol–water partition coefficient (Wildman–Crippen LogP) is 7.86. The Balaban J connectivity index is 1.44. The molecular weight excluding hydrogens is 507 g/mol. The maximum absolute atomic E-state index is 13.3. The number of urea groups is 1. The molecule has 0 aliphatic carbocycles. The van der Waals surface area contributed by atoms with Crippen molar-refractivity contribution < 1.29 is 14.3 Å². The number of carbonyl (C=O) groups excluding carboxylic acids is 1. The maximum Gasteiger partial charge on any atom is 0.322 e. The second-order valence-electron chi connectivity index (χ2n) is 8.48. The third-order valence-electron chi connectivity index (χ3n) is 5.84. The second-order valence-corrected chi connectivity index (χ2v) is 9.33. The lowest BCUT2D eigenvalue weighted by atomic mass is 10.1. The van der Waals surface area contributed by atoms with Gasteiger partial charge in [0.15, 0.2) is 0 Å². The summed E-state index contributed by atoms with van der Waals surface area (Å²) in [5.41, 5.74) is 3.70. The average Bonchev–Trinajstić information content (AvgIpc) is 2.92. The van der Waals surface area contributed by atoms with Crippen molar-refractivity contribution >= 4 is 34.9 Å². The van der Waals surface area contributed by atoms with Crippen LogP contribution in [-0.4, -0.2) is 24.6 Å². The van der Waals surface area contributed by atoms with Crippen LogP contribution in [0.25, 0.3) is 0 Å². The summed E-state index contributed by atoms with van der Waals surface area (Å²) in [6, 6.07) is 30.3. The molecule has 4 aromatic carbocycles. The number of halogens is 2. The van der Waals surface area contributed by atoms with E-state index in [1.54, 1.807) is 24.1 Å². The van der Waals surface area contributed by atoms with Crippen molar-refractivity contribution in [1.82, 2.24) is 4.90 Å². The largest absolute Gasteiger partial charge is 0.497 e. The van der Waals surface area contributed by atoms with Crippen LogP contribution in [0.3, 0.4) is 0 Å². The van der Waals surface area contributed by atoms with E-state index in [0.717, 1.165) is 28.2 Å². The molecule has 4 aromatic rings. The number of amides is 2. The summed E-state index contributed by atoms with van der Waals surface area (Å²) in [5, 5.41) is 4.14. The summed E-state index contributed by atoms with van der Waals surface area (Å²) < 4.78 is 11.1. The van der Waals surface area contributed by atoms with Gasteiger partial charge in [0, 0.05) is 28.8 Å². The third kappa shape index (κ3) is 7.91. The molecule has 0 radical (unpaired) electrons. The smallest absolute Gasteiger partial charge is 0.322 e. The molecule has 7 heteroatoms. The number of hydrogen-bond acceptors (Lipinski definition) is 3. The van der Waals surface area contributed by atoms with Crippen LogP contribution in [0.5, 0.6) is 11.5 Å². The van der Waals surface area contributed by atoms with Crippen molar-refractivity contribution in [2.24, 2.45) is 0 Å². The van der Waals surface area contributed by atoms with E-state index in [2.05, 4.69) is 5.32 Å². The first-order valence-electron chi connectivity index (χ1n) is 11.9. The van der Waals surface area contributed by atoms with Gasteiger partial charge in [-0.25, -0.2) is 4.79 Å². The van der Waals surface area contributed by atoms with Gasteiger partial charge in [-0.1, -0.05) is 71.7 Å². The minimum atomic E-state index is -0.209. The summed E-state index contributed by atoms with van der Waals surface area (Å²) in [6.45, 7) is 1.39. The molecule has 4 rings (SSSR count). The highest BCUT2D eigenvalue weighted by Gasteiger charge is 2.16. The maximum atomic E-state index is 13.3. The van der Waals surface area contributed by atoms with E-state index in [4.69, 9.17) is 32.7 Å². The minimum absolute atomic E-state index is 0.209. The van der Waals surface area contributed by atoms with Gasteiger partial charge in [0.2, 0.25) is 0 Å². The summed E-state index contributed by atoms with van der Waals surface area (Å²) in [7, 11) is 1.61. The molecular formula is C30H28Cl2N2O3. The van der Waals surface area contributed by atoms with Gasteiger partial charge in [-0.2, -0.15) is 0 Å². The van der Waals surface area contributed by atoms with E-state index in [1.807, 2.05) is 84.9 Å². The lowest BCUT2D eigenvalue weighted by molar-refractivity contribution is 0.210. The van der Waals surface area contributed by atoms with E-state index in [0.29, 0.717) is 41.8 Å². The molecule has 0 aliphatic heterocycles. The van der Waals surface area contributed by atoms with Gasteiger partial charge in [-0.15, -0.1) is 0 Å². The van der Waals surface area contributed by atoms with Gasteiger partial charge >= 0.3 is 6.03 Å². The predicted molar refractivity (Wildman–Crippen MR) is 150 cm³/mol. The summed E-state index contributed by atoms with van der Waals surface area (Å²) in [5.74, 6) is 1.50. The van der Waals surface area contributed by atoms with Crippen molar-refractivity contribution in [1.29, 1.82) is 0 Å². The molecule has 0 saturated carbocycles. The molecule has 5 nitrogen and oxygen atoms in total. The normalized spacial score (nSPS) is 10.6. The first-order chi connectivity index (χ1) is 18.0. The molecule has 0 bridgehead atoms. The molecule has 0 aromatic heterocycles. The molecule has 0 unspecified atom stereocenters. The standard InChI is InChI=1S/C30H28Cl2N2O3/c1-36-27-15-11-26(12-16-27)33-30(35)34(18-17-24-9-10-25(31)19-29(24)32)20-22-7-13-28(14-8-22)37-21-23-5-3-2-4-6-23/h2-16,19H,17-18,20-21H2,1H3,(H,33,35). The Morgan fingerprint density at radius 1 is 0.838 bits per heavy atom. The SMILES string of the molecule is COc1ccc(NC(=O)N(CCc2ccc(Cl)cc2Cl)Cc2ccc(OCc3ccccc3)cc2)cc1. The van der Waals surface area contributed by atoms with E-state index in [-0.39, 0.29) is 6.03 Å². The van der Waals surface area contributed by atoms with Crippen LogP contribution in [0, 0.1) is 0 Å². The van der Waals surface area contributed by atoms with Crippen LogP contribution in [0.15, 0.2) is 97.1 Å². The Bertz CT molecular complexity index is 1300. The van der Waals surface area contributed by atoms with Gasteiger partial charge in [0.25, 0.3) is 0 Å². The van der Waals surface area contributed by atoms with Crippen molar-refractivity contribution in [3.8, 4) is 11.5 Å². The van der Waals surface area contributed by atoms with Crippen molar-refractivity contribution in [2.75, 3.05) is 19.0 Å². The Morgan fingerprint density at radius 3 is 2.22 bits per heavy atom. The highest BCUT2D eigenvalue weighted by atomic mass is 35.5. The van der Waals surface area contributed by atoms with Gasteiger partial charge in [0.05, 0.1) is 7.11 Å². The molecule has 0 aliphatic rings. The monoisotopic (exact) mass is 534 g/mol. The number of ether oxygens (including phenoxy) is 2. The molecule has 2 amide bonds. The Hall–Kier alpha value is -3.67. The van der Waals surface area contributed by atoms with Gasteiger partial charge in [0.1, 0.15) is 18.1 Å². The molecule has 0 saturated heterocycles. The quantitative estimate of drug-likeness (QED) is 0.225. The molecule has 0 fully saturated rings. The highest BCUT2D eigenvalue weighted by Crippen LogP contribution is 2.23. The fourth-order valence-corrected chi connectivity index (χ4v) is 4.26. The zero-order valence-corrected chi connectivity index (χ0v) is 22.0. The first-order valence-corrected chi connectivity index (χ1v) is 12.7. The summed E-state index contributed by atoms with van der Waals surface area (Å²) in [4.78, 5) is 15.0. The van der Waals surface area contributed by atoms with Crippen LogP contribution in [0.2, 0.25) is 10.0 Å². The zero-order chi connectivity index (χ0) is 26.0. The molecule has 37 heavy (non-hydrogen) atoms. The number of hydrogen-bond donors (Lipinski definition) is 1. The van der Waals surface area contributed by atoms with Crippen LogP contribution in [-0.2, 0) is 19.6 Å². The third-order valence-corrected chi connectivity index (χ3v) is 6.43. The van der Waals surface area contributed by atoms with Gasteiger partial charge in [-0.3, -0.25) is 0 Å². The Kier molecular flexibility index (Phi) is 9.30. The highest BCUT2D eigenvalue weighted by molar-refractivity contribution is 6.35. The van der Waals surface area contributed by atoms with Crippen molar-refractivity contribution in [3.63, 3.8) is 0 Å². The number of anilines is 1. The number of carbonyl (C=O) groups is 1. The van der Waals surface area contributed by atoms with E-state index >= 15 is 0 Å². The summed E-state index contributed by atoms with van der Waals surface area (Å²) >= 11 is 12.4. The fourth-order valence-electron chi connectivity index (χ4n) is 3.76. The number of benzene rings is 4. The topological polar surface area (TPSA) is 50.8 Å². The van der Waals surface area contributed by atoms with Crippen LogP contribution in [0.4, 0.5) is 10.5 Å². The number of methoxy groups -OCH3 is 1. The number of rotatable bonds is 10. The lowest BCUT2D eigenvalue weighted by Gasteiger charge is -2.24. The molecule has 0 heterocycles. The molecule has 0 spiro atoms. The summed E-state index contributed by atoms with van der Waals surface area (Å²) in [6.07, 6.45) is 0.588. The molecule has 1 N–H and O–H groups in total. The van der Waals surface area contributed by atoms with E-state index in [9.17, 15) is 4.79 Å². The van der Waals surface area contributed by atoms with E-state index < -0.39 is 0 Å². The second kappa shape index (κ2) is 13.0. The zero-order valence-electron chi connectivity index (χ0n) is 20.5. The van der Waals surface area contributed by atoms with E-state index in [1.165, 1.54) is 0 Å². The fraction of sp³-hybridized carbons (Fsp3) is 0.167. The van der Waals surface area contributed by atoms with Crippen molar-refractivity contribution in [2.45, 2.75) is 19.6 Å². The van der Waals surface area contributed by atoms with Crippen LogP contribution < -0.4 is 14.8 Å². The molecule has 190 valence electrons. The minimum Gasteiger partial charge on any atom is -0.497 e. The Labute approximate surface area is 227 Å². The van der Waals surface area contributed by atoms with Crippen LogP contribution in [0.1, 0.15) is 16.7 Å². The average molecular weight is 535 g/mol. The van der Waals surface area contributed by atoms with Gasteiger partial charge < -0.3 is 19.7 Å². The lowest BCUT2D eigenvalue weighted by Crippen LogP contribution is -2.36. The number of nitrogens with one attached hydrogen (secondary N) is 1. The van der Waals surface area contributed by atoms with Crippen LogP contribution >= 0.6 is 23.2 Å². The Morgan fingerprint density at radius 2 is 1.54 bits per heavy atom. The van der Waals surface area contributed by atoms with Crippen molar-refractivity contribution in [3.05, 3.63) is 124 Å². The van der Waals surface area contributed by atoms with Gasteiger partial charge in [-0.05, 0) is 71.6 Å². The first kappa shape index (κ1) is 26.4.